The molecule has 0 saturated heterocycles. The summed E-state index contributed by atoms with van der Waals surface area (Å²) >= 11 is 5.63. The minimum absolute atomic E-state index is 0.0498. The summed E-state index contributed by atoms with van der Waals surface area (Å²) < 4.78 is 0. The Hall–Kier alpha value is -1.69. The van der Waals surface area contributed by atoms with Crippen LogP contribution in [0.25, 0.3) is 0 Å². The fourth-order valence-electron chi connectivity index (χ4n) is 1.20. The number of hydrogen-bond acceptors (Lipinski definition) is 4. The second-order valence-electron chi connectivity index (χ2n) is 3.76. The third kappa shape index (κ3) is 2.71. The molecule has 0 unspecified atom stereocenters. The predicted octanol–water partition coefficient (Wildman–Crippen LogP) is 2.12. The molecule has 1 aromatic rings. The van der Waals surface area contributed by atoms with Gasteiger partial charge in [0, 0.05) is 19.3 Å². The standard InChI is InChI=1S/C10H12ClN3O3/c1-6(2)13(3)10(15)7-4-5-12-9(11)8(7)14(16)17/h4-6H,1-3H3. The summed E-state index contributed by atoms with van der Waals surface area (Å²) in [7, 11) is 1.57. The molecule has 0 aliphatic heterocycles. The van der Waals surface area contributed by atoms with Gasteiger partial charge >= 0.3 is 5.69 Å². The van der Waals surface area contributed by atoms with Gasteiger partial charge in [0.1, 0.15) is 5.56 Å². The lowest BCUT2D eigenvalue weighted by Crippen LogP contribution is -2.33. The number of hydrogen-bond donors (Lipinski definition) is 0. The van der Waals surface area contributed by atoms with Crippen LogP contribution in [0, 0.1) is 10.1 Å². The lowest BCUT2D eigenvalue weighted by atomic mass is 10.2. The number of amides is 1. The van der Waals surface area contributed by atoms with Crippen LogP contribution in [0.1, 0.15) is 24.2 Å². The molecule has 17 heavy (non-hydrogen) atoms. The van der Waals surface area contributed by atoms with Gasteiger partial charge in [-0.25, -0.2) is 4.98 Å². The quantitative estimate of drug-likeness (QED) is 0.472. The van der Waals surface area contributed by atoms with Crippen LogP contribution in [-0.4, -0.2) is 33.8 Å². The highest BCUT2D eigenvalue weighted by atomic mass is 35.5. The molecule has 1 heterocycles. The number of carbonyl (C=O) groups excluding carboxylic acids is 1. The third-order valence-corrected chi connectivity index (χ3v) is 2.66. The van der Waals surface area contributed by atoms with Crippen molar-refractivity contribution in [3.8, 4) is 0 Å². The van der Waals surface area contributed by atoms with Crippen molar-refractivity contribution < 1.29 is 9.72 Å². The van der Waals surface area contributed by atoms with Gasteiger partial charge in [0.15, 0.2) is 0 Å². The van der Waals surface area contributed by atoms with Gasteiger partial charge in [-0.2, -0.15) is 0 Å². The Kier molecular flexibility index (Phi) is 4.01. The average molecular weight is 258 g/mol. The number of nitro groups is 1. The highest BCUT2D eigenvalue weighted by molar-refractivity contribution is 6.32. The molecule has 92 valence electrons. The smallest absolute Gasteiger partial charge is 0.319 e. The van der Waals surface area contributed by atoms with E-state index in [2.05, 4.69) is 4.98 Å². The molecule has 0 fully saturated rings. The van der Waals surface area contributed by atoms with Crippen LogP contribution in [0.15, 0.2) is 12.3 Å². The Bertz CT molecular complexity index is 462. The van der Waals surface area contributed by atoms with Crippen LogP contribution in [0.3, 0.4) is 0 Å². The molecule has 1 rings (SSSR count). The van der Waals surface area contributed by atoms with Crippen molar-refractivity contribution in [2.45, 2.75) is 19.9 Å². The Labute approximate surface area is 103 Å². The maximum absolute atomic E-state index is 12.0. The van der Waals surface area contributed by atoms with Gasteiger partial charge in [0.2, 0.25) is 5.15 Å². The van der Waals surface area contributed by atoms with Crippen molar-refractivity contribution in [2.75, 3.05) is 7.05 Å². The summed E-state index contributed by atoms with van der Waals surface area (Å²) in [5, 5.41) is 10.6. The fourth-order valence-corrected chi connectivity index (χ4v) is 1.43. The second-order valence-corrected chi connectivity index (χ2v) is 4.12. The SMILES string of the molecule is CC(C)N(C)C(=O)c1ccnc(Cl)c1[N+](=O)[O-]. The Morgan fingerprint density at radius 2 is 2.18 bits per heavy atom. The summed E-state index contributed by atoms with van der Waals surface area (Å²) in [4.78, 5) is 27.2. The van der Waals surface area contributed by atoms with E-state index in [1.54, 1.807) is 7.05 Å². The molecule has 0 radical (unpaired) electrons. The predicted molar refractivity (Wildman–Crippen MR) is 63.1 cm³/mol. The van der Waals surface area contributed by atoms with Crippen molar-refractivity contribution in [2.24, 2.45) is 0 Å². The molecule has 0 aliphatic carbocycles. The van der Waals surface area contributed by atoms with Crippen LogP contribution in [0.5, 0.6) is 0 Å². The van der Waals surface area contributed by atoms with Crippen molar-refractivity contribution >= 4 is 23.2 Å². The summed E-state index contributed by atoms with van der Waals surface area (Å²) in [6.45, 7) is 3.62. The van der Waals surface area contributed by atoms with E-state index in [-0.39, 0.29) is 16.8 Å². The molecule has 0 saturated carbocycles. The first-order valence-electron chi connectivity index (χ1n) is 4.92. The average Bonchev–Trinajstić information content (AvgIpc) is 2.25. The van der Waals surface area contributed by atoms with E-state index in [9.17, 15) is 14.9 Å². The van der Waals surface area contributed by atoms with Crippen LogP contribution in [0.2, 0.25) is 5.15 Å². The normalized spacial score (nSPS) is 10.4. The largest absolute Gasteiger partial charge is 0.339 e. The molecule has 0 aromatic carbocycles. The number of halogens is 1. The van der Waals surface area contributed by atoms with Crippen molar-refractivity contribution in [3.63, 3.8) is 0 Å². The zero-order chi connectivity index (χ0) is 13.2. The van der Waals surface area contributed by atoms with E-state index in [0.717, 1.165) is 0 Å². The summed E-state index contributed by atoms with van der Waals surface area (Å²) in [6.07, 6.45) is 1.27. The van der Waals surface area contributed by atoms with Crippen LogP contribution >= 0.6 is 11.6 Å². The molecule has 0 N–H and O–H groups in total. The molecule has 1 amide bonds. The highest BCUT2D eigenvalue weighted by Gasteiger charge is 2.27. The summed E-state index contributed by atoms with van der Waals surface area (Å²) in [5.41, 5.74) is -0.502. The topological polar surface area (TPSA) is 76.3 Å². The zero-order valence-electron chi connectivity index (χ0n) is 9.68. The minimum Gasteiger partial charge on any atom is -0.339 e. The maximum atomic E-state index is 12.0. The second kappa shape index (κ2) is 5.09. The van der Waals surface area contributed by atoms with Gasteiger partial charge < -0.3 is 4.90 Å². The molecule has 0 spiro atoms. The van der Waals surface area contributed by atoms with Crippen molar-refractivity contribution in [1.82, 2.24) is 9.88 Å². The van der Waals surface area contributed by atoms with Gasteiger partial charge in [-0.05, 0) is 19.9 Å². The lowest BCUT2D eigenvalue weighted by Gasteiger charge is -2.21. The molecular weight excluding hydrogens is 246 g/mol. The first-order chi connectivity index (χ1) is 7.86. The highest BCUT2D eigenvalue weighted by Crippen LogP contribution is 2.27. The van der Waals surface area contributed by atoms with Crippen LogP contribution < -0.4 is 0 Å². The number of pyridine rings is 1. The maximum Gasteiger partial charge on any atom is 0.319 e. The number of nitrogens with zero attached hydrogens (tertiary/aromatic N) is 3. The van der Waals surface area contributed by atoms with Gasteiger partial charge in [-0.3, -0.25) is 14.9 Å². The zero-order valence-corrected chi connectivity index (χ0v) is 10.4. The van der Waals surface area contributed by atoms with E-state index in [0.29, 0.717) is 0 Å². The minimum atomic E-state index is -0.698. The summed E-state index contributed by atoms with van der Waals surface area (Å²) in [6, 6.07) is 1.24. The number of carbonyl (C=O) groups is 1. The van der Waals surface area contributed by atoms with Crippen LogP contribution in [-0.2, 0) is 0 Å². The molecule has 0 atom stereocenters. The third-order valence-electron chi connectivity index (χ3n) is 2.39. The van der Waals surface area contributed by atoms with E-state index >= 15 is 0 Å². The monoisotopic (exact) mass is 257 g/mol. The first kappa shape index (κ1) is 13.4. The van der Waals surface area contributed by atoms with E-state index < -0.39 is 16.5 Å². The van der Waals surface area contributed by atoms with Gasteiger partial charge in [0.05, 0.1) is 4.92 Å². The Morgan fingerprint density at radius 3 is 2.65 bits per heavy atom. The van der Waals surface area contributed by atoms with Crippen LogP contribution in [0.4, 0.5) is 5.69 Å². The Balaban J connectivity index is 3.27. The van der Waals surface area contributed by atoms with E-state index in [4.69, 9.17) is 11.6 Å². The van der Waals surface area contributed by atoms with Crippen molar-refractivity contribution in [1.29, 1.82) is 0 Å². The van der Waals surface area contributed by atoms with Gasteiger partial charge in [0.25, 0.3) is 5.91 Å². The molecule has 7 heteroatoms. The first-order valence-corrected chi connectivity index (χ1v) is 5.30. The molecule has 1 aromatic heterocycles. The molecule has 0 bridgehead atoms. The number of rotatable bonds is 3. The number of aromatic nitrogens is 1. The van der Waals surface area contributed by atoms with Gasteiger partial charge in [-0.15, -0.1) is 0 Å². The molecule has 0 aliphatic rings. The lowest BCUT2D eigenvalue weighted by molar-refractivity contribution is -0.385. The summed E-state index contributed by atoms with van der Waals surface area (Å²) in [5.74, 6) is -0.448. The Morgan fingerprint density at radius 1 is 1.59 bits per heavy atom. The fraction of sp³-hybridized carbons (Fsp3) is 0.400. The van der Waals surface area contributed by atoms with E-state index in [1.165, 1.54) is 17.2 Å². The van der Waals surface area contributed by atoms with Gasteiger partial charge in [-0.1, -0.05) is 11.6 Å². The van der Waals surface area contributed by atoms with Crippen molar-refractivity contribution in [3.05, 3.63) is 33.1 Å². The van der Waals surface area contributed by atoms with E-state index in [1.807, 2.05) is 13.8 Å². The molecule has 6 nitrogen and oxygen atoms in total. The molecular formula is C10H12ClN3O3.